The van der Waals surface area contributed by atoms with Crippen molar-refractivity contribution in [1.29, 1.82) is 0 Å². The molecule has 60 valence electrons. The summed E-state index contributed by atoms with van der Waals surface area (Å²) in [5, 5.41) is 0. The van der Waals surface area contributed by atoms with Crippen LogP contribution in [0.4, 0.5) is 0 Å². The molecule has 1 aromatic heterocycles. The first-order chi connectivity index (χ1) is 5.36. The fourth-order valence-corrected chi connectivity index (χ4v) is 1.45. The second-order valence-electron chi connectivity index (χ2n) is 2.56. The van der Waals surface area contributed by atoms with Crippen molar-refractivity contribution >= 4 is 15.9 Å². The fraction of sp³-hybridized carbons (Fsp3) is 0.571. The number of ether oxygens (including phenoxy) is 1. The molecule has 3 nitrogen and oxygen atoms in total. The van der Waals surface area contributed by atoms with E-state index < -0.39 is 0 Å². The summed E-state index contributed by atoms with van der Waals surface area (Å²) < 4.78 is 11.2. The predicted molar refractivity (Wildman–Crippen MR) is 42.4 cm³/mol. The first kappa shape index (κ1) is 7.31. The Morgan fingerprint density at radius 3 is 3.09 bits per heavy atom. The molecular formula is C7H8BrNO2. The molecule has 1 fully saturated rings. The summed E-state index contributed by atoms with van der Waals surface area (Å²) in [5.41, 5.74) is 0. The molecule has 1 aliphatic rings. The Kier molecular flexibility index (Phi) is 1.96. The summed E-state index contributed by atoms with van der Waals surface area (Å²) >= 11 is 3.21. The summed E-state index contributed by atoms with van der Waals surface area (Å²) in [6, 6.07) is 0. The largest absolute Gasteiger partial charge is 0.434 e. The SMILES string of the molecule is Brc1cnc(C2CCOC2)o1. The molecule has 1 saturated heterocycles. The van der Waals surface area contributed by atoms with Crippen molar-refractivity contribution in [3.63, 3.8) is 0 Å². The van der Waals surface area contributed by atoms with E-state index in [-0.39, 0.29) is 0 Å². The van der Waals surface area contributed by atoms with Gasteiger partial charge in [0, 0.05) is 6.61 Å². The van der Waals surface area contributed by atoms with Gasteiger partial charge in [-0.2, -0.15) is 0 Å². The molecule has 1 aliphatic heterocycles. The van der Waals surface area contributed by atoms with Crippen LogP contribution < -0.4 is 0 Å². The van der Waals surface area contributed by atoms with E-state index in [1.165, 1.54) is 0 Å². The van der Waals surface area contributed by atoms with Crippen molar-refractivity contribution in [2.45, 2.75) is 12.3 Å². The van der Waals surface area contributed by atoms with Gasteiger partial charge in [0.1, 0.15) is 0 Å². The fourth-order valence-electron chi connectivity index (χ4n) is 1.18. The highest BCUT2D eigenvalue weighted by Gasteiger charge is 2.21. The highest BCUT2D eigenvalue weighted by atomic mass is 79.9. The molecule has 1 unspecified atom stereocenters. The number of hydrogen-bond acceptors (Lipinski definition) is 3. The standard InChI is InChI=1S/C7H8BrNO2/c8-6-3-9-7(11-6)5-1-2-10-4-5/h3,5H,1-2,4H2. The van der Waals surface area contributed by atoms with Crippen LogP contribution in [0.25, 0.3) is 0 Å². The lowest BCUT2D eigenvalue weighted by atomic mass is 10.1. The summed E-state index contributed by atoms with van der Waals surface area (Å²) in [6.45, 7) is 1.57. The van der Waals surface area contributed by atoms with Crippen LogP contribution in [0.5, 0.6) is 0 Å². The van der Waals surface area contributed by atoms with Gasteiger partial charge >= 0.3 is 0 Å². The van der Waals surface area contributed by atoms with E-state index in [0.717, 1.165) is 25.5 Å². The topological polar surface area (TPSA) is 35.3 Å². The first-order valence-electron chi connectivity index (χ1n) is 3.55. The molecule has 0 N–H and O–H groups in total. The molecule has 0 aromatic carbocycles. The maximum Gasteiger partial charge on any atom is 0.201 e. The molecule has 0 spiro atoms. The summed E-state index contributed by atoms with van der Waals surface area (Å²) in [5.74, 6) is 1.15. The average molecular weight is 218 g/mol. The van der Waals surface area contributed by atoms with E-state index in [1.807, 2.05) is 0 Å². The van der Waals surface area contributed by atoms with E-state index in [4.69, 9.17) is 9.15 Å². The third-order valence-electron chi connectivity index (χ3n) is 1.77. The molecule has 1 atom stereocenters. The number of oxazole rings is 1. The van der Waals surface area contributed by atoms with Gasteiger partial charge in [0.25, 0.3) is 0 Å². The summed E-state index contributed by atoms with van der Waals surface area (Å²) in [6.07, 6.45) is 2.70. The average Bonchev–Trinajstić information content (AvgIpc) is 2.55. The van der Waals surface area contributed by atoms with E-state index in [0.29, 0.717) is 10.6 Å². The maximum absolute atomic E-state index is 5.29. The second-order valence-corrected chi connectivity index (χ2v) is 3.34. The van der Waals surface area contributed by atoms with Crippen LogP contribution in [-0.4, -0.2) is 18.2 Å². The molecule has 11 heavy (non-hydrogen) atoms. The Morgan fingerprint density at radius 2 is 2.55 bits per heavy atom. The van der Waals surface area contributed by atoms with Gasteiger partial charge in [-0.05, 0) is 22.4 Å². The summed E-state index contributed by atoms with van der Waals surface area (Å²) in [4.78, 5) is 4.10. The number of rotatable bonds is 1. The Hall–Kier alpha value is -0.350. The van der Waals surface area contributed by atoms with Crippen LogP contribution in [0.15, 0.2) is 15.3 Å². The molecule has 0 aliphatic carbocycles. The van der Waals surface area contributed by atoms with Crippen molar-refractivity contribution < 1.29 is 9.15 Å². The molecule has 0 amide bonds. The summed E-state index contributed by atoms with van der Waals surface area (Å²) in [7, 11) is 0. The minimum Gasteiger partial charge on any atom is -0.434 e. The van der Waals surface area contributed by atoms with Gasteiger partial charge in [-0.15, -0.1) is 0 Å². The monoisotopic (exact) mass is 217 g/mol. The van der Waals surface area contributed by atoms with Crippen molar-refractivity contribution in [3.8, 4) is 0 Å². The lowest BCUT2D eigenvalue weighted by Crippen LogP contribution is -1.96. The molecule has 0 saturated carbocycles. The van der Waals surface area contributed by atoms with Crippen molar-refractivity contribution in [3.05, 3.63) is 16.8 Å². The van der Waals surface area contributed by atoms with E-state index in [9.17, 15) is 0 Å². The highest BCUT2D eigenvalue weighted by Crippen LogP contribution is 2.25. The van der Waals surface area contributed by atoms with E-state index in [1.54, 1.807) is 6.20 Å². The van der Waals surface area contributed by atoms with Gasteiger partial charge in [0.2, 0.25) is 5.89 Å². The van der Waals surface area contributed by atoms with Gasteiger partial charge in [-0.1, -0.05) is 0 Å². The highest BCUT2D eigenvalue weighted by molar-refractivity contribution is 9.10. The molecular weight excluding hydrogens is 210 g/mol. The zero-order valence-corrected chi connectivity index (χ0v) is 7.50. The van der Waals surface area contributed by atoms with Gasteiger partial charge in [-0.3, -0.25) is 0 Å². The zero-order valence-electron chi connectivity index (χ0n) is 5.92. The van der Waals surface area contributed by atoms with Gasteiger partial charge < -0.3 is 9.15 Å². The molecule has 0 bridgehead atoms. The Morgan fingerprint density at radius 1 is 1.64 bits per heavy atom. The predicted octanol–water partition coefficient (Wildman–Crippen LogP) is 1.94. The third-order valence-corrected chi connectivity index (χ3v) is 2.14. The number of hydrogen-bond donors (Lipinski definition) is 0. The normalized spacial score (nSPS) is 24.3. The van der Waals surface area contributed by atoms with Crippen LogP contribution in [0.1, 0.15) is 18.2 Å². The molecule has 2 heterocycles. The lowest BCUT2D eigenvalue weighted by Gasteiger charge is -1.98. The van der Waals surface area contributed by atoms with E-state index in [2.05, 4.69) is 20.9 Å². The van der Waals surface area contributed by atoms with Gasteiger partial charge in [-0.25, -0.2) is 4.98 Å². The number of nitrogens with zero attached hydrogens (tertiary/aromatic N) is 1. The second kappa shape index (κ2) is 2.95. The van der Waals surface area contributed by atoms with E-state index >= 15 is 0 Å². The molecule has 4 heteroatoms. The van der Waals surface area contributed by atoms with Crippen molar-refractivity contribution in [2.24, 2.45) is 0 Å². The maximum atomic E-state index is 5.29. The lowest BCUT2D eigenvalue weighted by molar-refractivity contribution is 0.190. The first-order valence-corrected chi connectivity index (χ1v) is 4.34. The molecule has 1 aromatic rings. The van der Waals surface area contributed by atoms with Crippen LogP contribution in [0.2, 0.25) is 0 Å². The molecule has 2 rings (SSSR count). The van der Waals surface area contributed by atoms with Crippen molar-refractivity contribution in [2.75, 3.05) is 13.2 Å². The Bertz CT molecular complexity index is 242. The van der Waals surface area contributed by atoms with Crippen LogP contribution in [0, 0.1) is 0 Å². The quantitative estimate of drug-likeness (QED) is 0.722. The van der Waals surface area contributed by atoms with Gasteiger partial charge in [0.05, 0.1) is 18.7 Å². The Balaban J connectivity index is 2.15. The number of aromatic nitrogens is 1. The third kappa shape index (κ3) is 1.46. The van der Waals surface area contributed by atoms with Crippen LogP contribution in [0.3, 0.4) is 0 Å². The zero-order chi connectivity index (χ0) is 7.68. The van der Waals surface area contributed by atoms with Gasteiger partial charge in [0.15, 0.2) is 4.67 Å². The Labute approximate surface area is 72.9 Å². The minimum absolute atomic E-state index is 0.362. The van der Waals surface area contributed by atoms with Crippen molar-refractivity contribution in [1.82, 2.24) is 4.98 Å². The van der Waals surface area contributed by atoms with Crippen LogP contribution in [-0.2, 0) is 4.74 Å². The smallest absolute Gasteiger partial charge is 0.201 e. The number of halogens is 1. The van der Waals surface area contributed by atoms with Crippen LogP contribution >= 0.6 is 15.9 Å². The minimum atomic E-state index is 0.362. The molecule has 0 radical (unpaired) electrons.